The Morgan fingerprint density at radius 1 is 1.32 bits per heavy atom. The Labute approximate surface area is 127 Å². The van der Waals surface area contributed by atoms with Gasteiger partial charge >= 0.3 is 0 Å². The molecule has 19 heavy (non-hydrogen) atoms. The van der Waals surface area contributed by atoms with Gasteiger partial charge in [0.15, 0.2) is 0 Å². The molecule has 0 amide bonds. The van der Waals surface area contributed by atoms with Crippen molar-refractivity contribution in [3.63, 3.8) is 0 Å². The Bertz CT molecular complexity index is 553. The van der Waals surface area contributed by atoms with Gasteiger partial charge < -0.3 is 0 Å². The predicted octanol–water partition coefficient (Wildman–Crippen LogP) is 3.77. The van der Waals surface area contributed by atoms with Crippen molar-refractivity contribution in [1.82, 2.24) is 4.72 Å². The van der Waals surface area contributed by atoms with Crippen LogP contribution in [0.1, 0.15) is 19.9 Å². The summed E-state index contributed by atoms with van der Waals surface area (Å²) in [6.07, 6.45) is 0. The van der Waals surface area contributed by atoms with Crippen molar-refractivity contribution in [2.75, 3.05) is 5.75 Å². The van der Waals surface area contributed by atoms with Gasteiger partial charge in [0.2, 0.25) is 10.0 Å². The van der Waals surface area contributed by atoms with Gasteiger partial charge in [0.25, 0.3) is 0 Å². The van der Waals surface area contributed by atoms with Crippen LogP contribution >= 0.6 is 15.9 Å². The highest BCUT2D eigenvalue weighted by atomic mass is 79.9. The molecule has 0 heterocycles. The number of benzene rings is 1. The van der Waals surface area contributed by atoms with Gasteiger partial charge in [0.1, 0.15) is 0 Å². The zero-order chi connectivity index (χ0) is 15.6. The molecule has 0 saturated carbocycles. The van der Waals surface area contributed by atoms with Crippen molar-refractivity contribution >= 4 is 34.0 Å². The maximum atomic E-state index is 12.1. The molecule has 0 bridgehead atoms. The normalized spacial score (nSPS) is 16.8. The van der Waals surface area contributed by atoms with Crippen LogP contribution in [0.25, 0.3) is 0 Å². The van der Waals surface area contributed by atoms with Gasteiger partial charge in [-0.15, -0.1) is 0 Å². The minimum absolute atomic E-state index is 0.0910. The number of sulfonamides is 1. The lowest BCUT2D eigenvalue weighted by Crippen LogP contribution is -2.32. The van der Waals surface area contributed by atoms with Crippen molar-refractivity contribution in [2.24, 2.45) is 0 Å². The summed E-state index contributed by atoms with van der Waals surface area (Å²) in [6, 6.07) is 6.45. The number of nitrogens with one attached hydrogen (secondary N) is 1. The standard InChI is InChI=1S/C13H22BrNO2SSi/c1-11(12-5-7-13(14)8-6-12)15-18(16,17)9-10-19(2,3)4/h5-8,11,15H,9-10H2,1-4H3/t11-/m0/s1/i11D. The summed E-state index contributed by atoms with van der Waals surface area (Å²) in [6.45, 7) is 7.97. The second-order valence-electron chi connectivity index (χ2n) is 5.86. The smallest absolute Gasteiger partial charge is 0.211 e. The van der Waals surface area contributed by atoms with E-state index in [1.165, 1.54) is 0 Å². The summed E-state index contributed by atoms with van der Waals surface area (Å²) >= 11 is 3.32. The molecule has 0 spiro atoms. The first kappa shape index (κ1) is 15.2. The lowest BCUT2D eigenvalue weighted by molar-refractivity contribution is 0.568. The van der Waals surface area contributed by atoms with Gasteiger partial charge in [0, 0.05) is 18.6 Å². The van der Waals surface area contributed by atoms with E-state index >= 15 is 0 Å². The third kappa shape index (κ3) is 6.69. The molecule has 1 aromatic rings. The highest BCUT2D eigenvalue weighted by Gasteiger charge is 2.20. The largest absolute Gasteiger partial charge is 0.212 e. The minimum Gasteiger partial charge on any atom is -0.212 e. The predicted molar refractivity (Wildman–Crippen MR) is 87.6 cm³/mol. The van der Waals surface area contributed by atoms with E-state index in [0.29, 0.717) is 11.6 Å². The molecule has 0 fully saturated rings. The lowest BCUT2D eigenvalue weighted by Gasteiger charge is -2.18. The van der Waals surface area contributed by atoms with Crippen molar-refractivity contribution < 1.29 is 9.79 Å². The van der Waals surface area contributed by atoms with Gasteiger partial charge in [-0.2, -0.15) is 0 Å². The molecule has 0 aliphatic rings. The van der Waals surface area contributed by atoms with Crippen LogP contribution in [0.5, 0.6) is 0 Å². The molecule has 1 aromatic carbocycles. The first-order chi connectivity index (χ1) is 8.91. The van der Waals surface area contributed by atoms with Gasteiger partial charge in [-0.1, -0.05) is 47.7 Å². The summed E-state index contributed by atoms with van der Waals surface area (Å²) in [5.41, 5.74) is 0.622. The Balaban J connectivity index is 2.82. The van der Waals surface area contributed by atoms with Crippen molar-refractivity contribution in [2.45, 2.75) is 38.6 Å². The summed E-state index contributed by atoms with van der Waals surface area (Å²) in [7, 11) is -4.86. The van der Waals surface area contributed by atoms with Crippen LogP contribution in [0.15, 0.2) is 28.7 Å². The molecule has 0 saturated heterocycles. The van der Waals surface area contributed by atoms with E-state index in [-0.39, 0.29) is 5.75 Å². The average molecular weight is 365 g/mol. The quantitative estimate of drug-likeness (QED) is 0.780. The van der Waals surface area contributed by atoms with Gasteiger partial charge in [0.05, 0.1) is 7.12 Å². The molecule has 0 unspecified atom stereocenters. The lowest BCUT2D eigenvalue weighted by atomic mass is 10.1. The molecule has 3 nitrogen and oxygen atoms in total. The van der Waals surface area contributed by atoms with Crippen LogP contribution in [0.2, 0.25) is 25.7 Å². The van der Waals surface area contributed by atoms with Crippen LogP contribution in [0.3, 0.4) is 0 Å². The number of hydrogen-bond donors (Lipinski definition) is 1. The van der Waals surface area contributed by atoms with E-state index in [2.05, 4.69) is 40.3 Å². The molecule has 0 aromatic heterocycles. The molecule has 1 N–H and O–H groups in total. The molecule has 108 valence electrons. The fraction of sp³-hybridized carbons (Fsp3) is 0.538. The van der Waals surface area contributed by atoms with E-state index in [1.54, 1.807) is 31.2 Å². The molecule has 1 atom stereocenters. The average Bonchev–Trinajstić information content (AvgIpc) is 2.25. The Hall–Kier alpha value is -0.173. The Morgan fingerprint density at radius 2 is 1.84 bits per heavy atom. The third-order valence-corrected chi connectivity index (χ3v) is 6.71. The van der Waals surface area contributed by atoms with Crippen molar-refractivity contribution in [3.8, 4) is 0 Å². The van der Waals surface area contributed by atoms with Gasteiger partial charge in [-0.05, 0) is 30.7 Å². The molecule has 0 radical (unpaired) electrons. The van der Waals surface area contributed by atoms with E-state index in [0.717, 1.165) is 4.47 Å². The number of halogens is 1. The van der Waals surface area contributed by atoms with Gasteiger partial charge in [-0.3, -0.25) is 0 Å². The Kier molecular flexibility index (Phi) is 5.22. The molecule has 0 aliphatic carbocycles. The highest BCUT2D eigenvalue weighted by molar-refractivity contribution is 9.10. The number of rotatable bonds is 6. The first-order valence-corrected chi connectivity index (χ1v) is 12.3. The van der Waals surface area contributed by atoms with Crippen LogP contribution < -0.4 is 4.72 Å². The van der Waals surface area contributed by atoms with E-state index < -0.39 is 24.1 Å². The minimum atomic E-state index is -3.45. The molecular formula is C13H22BrNO2SSi. The fourth-order valence-electron chi connectivity index (χ4n) is 1.48. The zero-order valence-electron chi connectivity index (χ0n) is 12.8. The first-order valence-electron chi connectivity index (χ1n) is 6.69. The van der Waals surface area contributed by atoms with E-state index in [9.17, 15) is 8.42 Å². The summed E-state index contributed by atoms with van der Waals surface area (Å²) in [5, 5.41) is 0. The summed E-state index contributed by atoms with van der Waals surface area (Å²) in [4.78, 5) is 0. The zero-order valence-corrected chi connectivity index (χ0v) is 15.2. The second-order valence-corrected chi connectivity index (χ2v) is 14.2. The molecule has 1 rings (SSSR count). The third-order valence-electron chi connectivity index (χ3n) is 2.71. The molecule has 0 aliphatic heterocycles. The van der Waals surface area contributed by atoms with Crippen LogP contribution in [-0.4, -0.2) is 22.2 Å². The number of hydrogen-bond acceptors (Lipinski definition) is 2. The van der Waals surface area contributed by atoms with Gasteiger partial charge in [-0.25, -0.2) is 13.1 Å². The summed E-state index contributed by atoms with van der Waals surface area (Å²) in [5.74, 6) is 0.0910. The topological polar surface area (TPSA) is 46.2 Å². The SMILES string of the molecule is [2H][C@@](C)(NS(=O)(=O)CC[Si](C)(C)C)c1ccc(Br)cc1. The van der Waals surface area contributed by atoms with Crippen molar-refractivity contribution in [3.05, 3.63) is 34.3 Å². The maximum absolute atomic E-state index is 12.1. The van der Waals surface area contributed by atoms with Crippen molar-refractivity contribution in [1.29, 1.82) is 0 Å². The van der Waals surface area contributed by atoms with Crippen LogP contribution in [0, 0.1) is 0 Å². The maximum Gasteiger partial charge on any atom is 0.211 e. The second kappa shape index (κ2) is 6.52. The monoisotopic (exact) mass is 364 g/mol. The molecule has 6 heteroatoms. The molecular weight excluding hydrogens is 342 g/mol. The van der Waals surface area contributed by atoms with Crippen LogP contribution in [-0.2, 0) is 10.0 Å². The Morgan fingerprint density at radius 3 is 2.32 bits per heavy atom. The van der Waals surface area contributed by atoms with Crippen LogP contribution in [0.4, 0.5) is 0 Å². The highest BCUT2D eigenvalue weighted by Crippen LogP contribution is 2.18. The van der Waals surface area contributed by atoms with E-state index in [1.807, 2.05) is 0 Å². The summed E-state index contributed by atoms with van der Waals surface area (Å²) < 4.78 is 35.9. The fourth-order valence-corrected chi connectivity index (χ4v) is 5.96. The van der Waals surface area contributed by atoms with E-state index in [4.69, 9.17) is 1.37 Å².